The van der Waals surface area contributed by atoms with Crippen LogP contribution in [0.5, 0.6) is 5.75 Å². The number of fused-ring (bicyclic) bond motifs is 3. The molecule has 0 amide bonds. The summed E-state index contributed by atoms with van der Waals surface area (Å²) in [5, 5.41) is 19.0. The zero-order valence-corrected chi connectivity index (χ0v) is 20.0. The van der Waals surface area contributed by atoms with Crippen molar-refractivity contribution in [2.75, 3.05) is 21.3 Å². The molecule has 0 saturated heterocycles. The maximum Gasteiger partial charge on any atom is 0.311 e. The summed E-state index contributed by atoms with van der Waals surface area (Å²) < 4.78 is 19.0. The first-order valence-corrected chi connectivity index (χ1v) is 11.0. The standard InChI is InChI=1S/C24H21ClN6O4/c1-33-13-19-21(14-5-4-6-17(11-14)34-2)23-27-26-22-18(12-20(32)35-3)28-30(24(22)31(23)29-19)16-9-7-15(25)8-10-16/h4-11H,12-13H2,1-3H3. The Bertz CT molecular complexity index is 1540. The number of ether oxygens (including phenoxy) is 3. The smallest absolute Gasteiger partial charge is 0.311 e. The number of aromatic nitrogens is 6. The zero-order valence-electron chi connectivity index (χ0n) is 19.2. The lowest BCUT2D eigenvalue weighted by Crippen LogP contribution is -2.06. The van der Waals surface area contributed by atoms with Crippen molar-refractivity contribution in [3.63, 3.8) is 0 Å². The van der Waals surface area contributed by atoms with E-state index >= 15 is 0 Å². The normalized spacial score (nSPS) is 11.3. The van der Waals surface area contributed by atoms with Crippen LogP contribution in [0.25, 0.3) is 33.6 Å². The van der Waals surface area contributed by atoms with Gasteiger partial charge in [-0.3, -0.25) is 4.79 Å². The van der Waals surface area contributed by atoms with Crippen molar-refractivity contribution in [3.8, 4) is 22.6 Å². The Balaban J connectivity index is 1.83. The third kappa shape index (κ3) is 4.07. The van der Waals surface area contributed by atoms with Gasteiger partial charge in [0.2, 0.25) is 0 Å². The highest BCUT2D eigenvalue weighted by Crippen LogP contribution is 2.32. The van der Waals surface area contributed by atoms with E-state index in [-0.39, 0.29) is 13.0 Å². The highest BCUT2D eigenvalue weighted by atomic mass is 35.5. The minimum atomic E-state index is -0.438. The minimum Gasteiger partial charge on any atom is -0.497 e. The molecular weight excluding hydrogens is 472 g/mol. The van der Waals surface area contributed by atoms with Crippen molar-refractivity contribution in [1.82, 2.24) is 29.6 Å². The van der Waals surface area contributed by atoms with E-state index in [0.717, 1.165) is 16.8 Å². The average molecular weight is 493 g/mol. The molecule has 5 aromatic rings. The Labute approximate surface area is 205 Å². The van der Waals surface area contributed by atoms with Gasteiger partial charge in [0.1, 0.15) is 11.4 Å². The molecule has 0 fully saturated rings. The number of benzene rings is 2. The second kappa shape index (κ2) is 9.32. The quantitative estimate of drug-likeness (QED) is 0.317. The molecule has 0 saturated carbocycles. The molecule has 0 N–H and O–H groups in total. The van der Waals surface area contributed by atoms with E-state index in [0.29, 0.717) is 39.0 Å². The molecule has 178 valence electrons. The average Bonchev–Trinajstić information content (AvgIpc) is 3.43. The summed E-state index contributed by atoms with van der Waals surface area (Å²) in [7, 11) is 4.55. The molecule has 10 nitrogen and oxygen atoms in total. The summed E-state index contributed by atoms with van der Waals surface area (Å²) in [4.78, 5) is 12.1. The van der Waals surface area contributed by atoms with E-state index in [4.69, 9.17) is 30.9 Å². The number of carbonyl (C=O) groups is 1. The molecule has 0 radical (unpaired) electrons. The lowest BCUT2D eigenvalue weighted by Gasteiger charge is -2.06. The van der Waals surface area contributed by atoms with Gasteiger partial charge in [-0.05, 0) is 42.0 Å². The van der Waals surface area contributed by atoms with Crippen molar-refractivity contribution in [2.45, 2.75) is 13.0 Å². The molecule has 0 aliphatic rings. The summed E-state index contributed by atoms with van der Waals surface area (Å²) in [6.45, 7) is 0.251. The summed E-state index contributed by atoms with van der Waals surface area (Å²) in [5.74, 6) is 0.262. The van der Waals surface area contributed by atoms with Crippen molar-refractivity contribution >= 4 is 34.4 Å². The predicted octanol–water partition coefficient (Wildman–Crippen LogP) is 3.65. The fraction of sp³-hybridized carbons (Fsp3) is 0.208. The molecule has 0 bridgehead atoms. The molecule has 3 aromatic heterocycles. The van der Waals surface area contributed by atoms with Gasteiger partial charge in [-0.15, -0.1) is 10.2 Å². The van der Waals surface area contributed by atoms with E-state index in [1.807, 2.05) is 36.4 Å². The molecule has 5 rings (SSSR count). The van der Waals surface area contributed by atoms with Crippen molar-refractivity contribution in [1.29, 1.82) is 0 Å². The lowest BCUT2D eigenvalue weighted by atomic mass is 10.1. The van der Waals surface area contributed by atoms with Crippen LogP contribution in [0, 0.1) is 0 Å². The van der Waals surface area contributed by atoms with E-state index in [1.54, 1.807) is 35.5 Å². The highest BCUT2D eigenvalue weighted by molar-refractivity contribution is 6.30. The molecule has 0 atom stereocenters. The molecular formula is C24H21ClN6O4. The van der Waals surface area contributed by atoms with E-state index in [9.17, 15) is 4.79 Å². The number of esters is 1. The number of carbonyl (C=O) groups excluding carboxylic acids is 1. The Morgan fingerprint density at radius 3 is 2.51 bits per heavy atom. The molecule has 0 unspecified atom stereocenters. The lowest BCUT2D eigenvalue weighted by molar-refractivity contribution is -0.139. The maximum atomic E-state index is 12.1. The van der Waals surface area contributed by atoms with Gasteiger partial charge in [-0.25, -0.2) is 4.68 Å². The van der Waals surface area contributed by atoms with Gasteiger partial charge in [0.15, 0.2) is 16.8 Å². The van der Waals surface area contributed by atoms with Crippen molar-refractivity contribution in [2.24, 2.45) is 0 Å². The van der Waals surface area contributed by atoms with Crippen LogP contribution in [-0.4, -0.2) is 56.9 Å². The summed E-state index contributed by atoms with van der Waals surface area (Å²) in [6.07, 6.45) is -0.0668. The molecule has 0 aliphatic carbocycles. The van der Waals surface area contributed by atoms with Crippen LogP contribution in [0.2, 0.25) is 5.02 Å². The third-order valence-electron chi connectivity index (χ3n) is 5.54. The fourth-order valence-corrected chi connectivity index (χ4v) is 4.06. The number of halogens is 1. The second-order valence-electron chi connectivity index (χ2n) is 7.68. The Morgan fingerprint density at radius 2 is 1.80 bits per heavy atom. The number of methoxy groups -OCH3 is 3. The van der Waals surface area contributed by atoms with Crippen LogP contribution in [0.4, 0.5) is 0 Å². The first kappa shape index (κ1) is 22.8. The van der Waals surface area contributed by atoms with Crippen LogP contribution < -0.4 is 4.74 Å². The SMILES string of the molecule is COCc1nn2c(nnc3c(CC(=O)OC)nn(-c4ccc(Cl)cc4)c32)c1-c1cccc(OC)c1. The number of hydrogen-bond acceptors (Lipinski definition) is 8. The first-order valence-electron chi connectivity index (χ1n) is 10.7. The molecule has 3 heterocycles. The summed E-state index contributed by atoms with van der Waals surface area (Å²) in [6, 6.07) is 14.8. The number of hydrogen-bond donors (Lipinski definition) is 0. The topological polar surface area (TPSA) is 106 Å². The zero-order chi connectivity index (χ0) is 24.5. The molecule has 2 aromatic carbocycles. The van der Waals surface area contributed by atoms with Gasteiger partial charge < -0.3 is 14.2 Å². The minimum absolute atomic E-state index is 0.0668. The van der Waals surface area contributed by atoms with Crippen molar-refractivity contribution < 1.29 is 19.0 Å². The Kier molecular flexibility index (Phi) is 6.06. The molecule has 0 aliphatic heterocycles. The maximum absolute atomic E-state index is 12.1. The fourth-order valence-electron chi connectivity index (χ4n) is 3.93. The third-order valence-corrected chi connectivity index (χ3v) is 5.79. The number of nitrogens with zero attached hydrogens (tertiary/aromatic N) is 6. The highest BCUT2D eigenvalue weighted by Gasteiger charge is 2.24. The predicted molar refractivity (Wildman–Crippen MR) is 129 cm³/mol. The summed E-state index contributed by atoms with van der Waals surface area (Å²) >= 11 is 6.10. The van der Waals surface area contributed by atoms with Crippen LogP contribution in [0.3, 0.4) is 0 Å². The van der Waals surface area contributed by atoms with Gasteiger partial charge in [0.25, 0.3) is 0 Å². The summed E-state index contributed by atoms with van der Waals surface area (Å²) in [5.41, 5.74) is 4.91. The largest absolute Gasteiger partial charge is 0.497 e. The van der Waals surface area contributed by atoms with E-state index < -0.39 is 5.97 Å². The monoisotopic (exact) mass is 492 g/mol. The van der Waals surface area contributed by atoms with Gasteiger partial charge in [0.05, 0.1) is 44.2 Å². The van der Waals surface area contributed by atoms with Crippen molar-refractivity contribution in [3.05, 3.63) is 64.9 Å². The van der Waals surface area contributed by atoms with Crippen LogP contribution >= 0.6 is 11.6 Å². The first-order chi connectivity index (χ1) is 17.0. The van der Waals surface area contributed by atoms with Gasteiger partial charge in [-0.1, -0.05) is 23.7 Å². The number of rotatable bonds is 7. The Hall–Kier alpha value is -4.02. The van der Waals surface area contributed by atoms with Crippen LogP contribution in [0.1, 0.15) is 11.4 Å². The molecule has 11 heteroatoms. The van der Waals surface area contributed by atoms with Crippen LogP contribution in [-0.2, 0) is 27.3 Å². The Morgan fingerprint density at radius 1 is 1.00 bits per heavy atom. The van der Waals surface area contributed by atoms with Gasteiger partial charge in [-0.2, -0.15) is 14.7 Å². The van der Waals surface area contributed by atoms with E-state index in [2.05, 4.69) is 15.3 Å². The van der Waals surface area contributed by atoms with E-state index in [1.165, 1.54) is 7.11 Å². The molecule has 0 spiro atoms. The van der Waals surface area contributed by atoms with Gasteiger partial charge in [0, 0.05) is 12.1 Å². The van der Waals surface area contributed by atoms with Crippen LogP contribution in [0.15, 0.2) is 48.5 Å². The van der Waals surface area contributed by atoms with Gasteiger partial charge >= 0.3 is 5.97 Å². The molecule has 35 heavy (non-hydrogen) atoms. The second-order valence-corrected chi connectivity index (χ2v) is 8.12.